The number of amides is 1. The van der Waals surface area contributed by atoms with Crippen LogP contribution in [0.1, 0.15) is 28.9 Å². The largest absolute Gasteiger partial charge is 0.352 e. The molecule has 0 spiro atoms. The molecule has 1 aliphatic carbocycles. The lowest BCUT2D eigenvalue weighted by Crippen LogP contribution is -2.46. The zero-order valence-electron chi connectivity index (χ0n) is 15.5. The van der Waals surface area contributed by atoms with Crippen molar-refractivity contribution in [3.05, 3.63) is 92.5 Å². The first-order valence-electron chi connectivity index (χ1n) is 9.35. The highest BCUT2D eigenvalue weighted by Gasteiger charge is 2.25. The first-order valence-corrected chi connectivity index (χ1v) is 9.35. The predicted octanol–water partition coefficient (Wildman–Crippen LogP) is 1.72. The normalized spacial score (nSPS) is 13.3. The molecule has 8 heteroatoms. The van der Waals surface area contributed by atoms with Gasteiger partial charge < -0.3 is 5.32 Å². The molecule has 0 radical (unpaired) electrons. The van der Waals surface area contributed by atoms with E-state index in [4.69, 9.17) is 0 Å². The Balaban J connectivity index is 1.81. The Morgan fingerprint density at radius 3 is 2.55 bits per heavy atom. The third-order valence-electron chi connectivity index (χ3n) is 4.75. The smallest absolute Gasteiger partial charge is 0.350 e. The molecule has 1 fully saturated rings. The van der Waals surface area contributed by atoms with Crippen LogP contribution in [0.15, 0.2) is 64.2 Å². The van der Waals surface area contributed by atoms with E-state index in [0.29, 0.717) is 23.7 Å². The molecule has 1 aliphatic rings. The Bertz CT molecular complexity index is 1170. The van der Waals surface area contributed by atoms with Crippen molar-refractivity contribution >= 4 is 5.91 Å². The van der Waals surface area contributed by atoms with Crippen molar-refractivity contribution < 1.29 is 9.18 Å². The van der Waals surface area contributed by atoms with Gasteiger partial charge in [-0.15, -0.1) is 0 Å². The van der Waals surface area contributed by atoms with Gasteiger partial charge in [0.2, 0.25) is 5.69 Å². The highest BCUT2D eigenvalue weighted by Crippen LogP contribution is 2.27. The molecule has 7 nitrogen and oxygen atoms in total. The van der Waals surface area contributed by atoms with E-state index >= 15 is 0 Å². The molecule has 148 valence electrons. The van der Waals surface area contributed by atoms with E-state index in [1.54, 1.807) is 36.4 Å². The monoisotopic (exact) mass is 394 g/mol. The van der Waals surface area contributed by atoms with Crippen molar-refractivity contribution in [2.24, 2.45) is 5.92 Å². The number of para-hydroxylation sites is 1. The van der Waals surface area contributed by atoms with E-state index < -0.39 is 23.0 Å². The summed E-state index contributed by atoms with van der Waals surface area (Å²) in [6.07, 6.45) is 2.09. The van der Waals surface area contributed by atoms with Gasteiger partial charge in [0.15, 0.2) is 0 Å². The minimum atomic E-state index is -0.806. The second kappa shape index (κ2) is 7.83. The third-order valence-corrected chi connectivity index (χ3v) is 4.75. The summed E-state index contributed by atoms with van der Waals surface area (Å²) in [5.41, 5.74) is -1.03. The zero-order valence-corrected chi connectivity index (χ0v) is 15.5. The van der Waals surface area contributed by atoms with Crippen LogP contribution in [-0.2, 0) is 6.54 Å². The fourth-order valence-electron chi connectivity index (χ4n) is 2.99. The standard InChI is InChI=1S/C21H19FN4O3/c22-16-6-4-5-15(11-16)13-25-20(28)18(19(27)23-12-14-9-10-14)24-26(21(25)29)17-7-2-1-3-8-17/h1-8,11,14H,9-10,12-13H2,(H,23,27). The van der Waals surface area contributed by atoms with Crippen LogP contribution >= 0.6 is 0 Å². The molecule has 0 saturated heterocycles. The number of hydrogen-bond donors (Lipinski definition) is 1. The summed E-state index contributed by atoms with van der Waals surface area (Å²) in [7, 11) is 0. The molecule has 1 N–H and O–H groups in total. The van der Waals surface area contributed by atoms with Crippen molar-refractivity contribution in [2.75, 3.05) is 6.54 Å². The molecule has 0 atom stereocenters. The van der Waals surface area contributed by atoms with E-state index in [-0.39, 0.29) is 12.2 Å². The van der Waals surface area contributed by atoms with Crippen molar-refractivity contribution in [2.45, 2.75) is 19.4 Å². The van der Waals surface area contributed by atoms with Gasteiger partial charge in [-0.1, -0.05) is 30.3 Å². The molecule has 1 aromatic heterocycles. The van der Waals surface area contributed by atoms with Gasteiger partial charge in [0, 0.05) is 6.54 Å². The van der Waals surface area contributed by atoms with Gasteiger partial charge in [-0.3, -0.25) is 14.2 Å². The molecule has 2 aromatic carbocycles. The van der Waals surface area contributed by atoms with Gasteiger partial charge in [0.25, 0.3) is 11.5 Å². The van der Waals surface area contributed by atoms with Crippen LogP contribution in [0.4, 0.5) is 4.39 Å². The number of hydrogen-bond acceptors (Lipinski definition) is 4. The van der Waals surface area contributed by atoms with E-state index in [2.05, 4.69) is 10.4 Å². The molecular weight excluding hydrogens is 375 g/mol. The predicted molar refractivity (Wildman–Crippen MR) is 105 cm³/mol. The number of halogens is 1. The Morgan fingerprint density at radius 2 is 1.86 bits per heavy atom. The van der Waals surface area contributed by atoms with E-state index in [1.807, 2.05) is 0 Å². The Labute approximate surface area is 165 Å². The van der Waals surface area contributed by atoms with Crippen molar-refractivity contribution in [1.29, 1.82) is 0 Å². The molecule has 1 heterocycles. The SMILES string of the molecule is O=C(NCC1CC1)c1nn(-c2ccccc2)c(=O)n(Cc2cccc(F)c2)c1=O. The first kappa shape index (κ1) is 18.8. The first-order chi connectivity index (χ1) is 14.0. The number of rotatable bonds is 6. The Morgan fingerprint density at radius 1 is 1.10 bits per heavy atom. The lowest BCUT2D eigenvalue weighted by Gasteiger charge is -2.12. The zero-order chi connectivity index (χ0) is 20.4. The summed E-state index contributed by atoms with van der Waals surface area (Å²) in [4.78, 5) is 38.5. The van der Waals surface area contributed by atoms with Gasteiger partial charge in [-0.2, -0.15) is 9.78 Å². The quantitative estimate of drug-likeness (QED) is 0.690. The van der Waals surface area contributed by atoms with Crippen molar-refractivity contribution in [1.82, 2.24) is 19.7 Å². The molecule has 1 saturated carbocycles. The minimum Gasteiger partial charge on any atom is -0.350 e. The van der Waals surface area contributed by atoms with Crippen molar-refractivity contribution in [3.8, 4) is 5.69 Å². The van der Waals surface area contributed by atoms with Gasteiger partial charge in [0.1, 0.15) is 5.82 Å². The van der Waals surface area contributed by atoms with Crippen LogP contribution in [0.3, 0.4) is 0 Å². The summed E-state index contributed by atoms with van der Waals surface area (Å²) in [6, 6.07) is 14.1. The molecule has 29 heavy (non-hydrogen) atoms. The molecule has 1 amide bonds. The third kappa shape index (κ3) is 4.16. The number of carbonyl (C=O) groups excluding carboxylic acids is 1. The average Bonchev–Trinajstić information content (AvgIpc) is 3.55. The molecule has 0 unspecified atom stereocenters. The topological polar surface area (TPSA) is 86.0 Å². The molecule has 3 aromatic rings. The second-order valence-electron chi connectivity index (χ2n) is 7.05. The maximum atomic E-state index is 13.6. The Kier molecular flexibility index (Phi) is 5.07. The van der Waals surface area contributed by atoms with E-state index in [1.165, 1.54) is 18.2 Å². The number of benzene rings is 2. The molecule has 4 rings (SSSR count). The number of nitrogens with zero attached hydrogens (tertiary/aromatic N) is 3. The highest BCUT2D eigenvalue weighted by molar-refractivity contribution is 5.91. The fourth-order valence-corrected chi connectivity index (χ4v) is 2.99. The summed E-state index contributed by atoms with van der Waals surface area (Å²) in [5.74, 6) is -0.677. The maximum Gasteiger partial charge on any atom is 0.352 e. The lowest BCUT2D eigenvalue weighted by atomic mass is 10.2. The summed E-state index contributed by atoms with van der Waals surface area (Å²) in [5, 5.41) is 6.75. The second-order valence-corrected chi connectivity index (χ2v) is 7.05. The van der Waals surface area contributed by atoms with Gasteiger partial charge in [0.05, 0.1) is 12.2 Å². The van der Waals surface area contributed by atoms with Crippen LogP contribution in [0, 0.1) is 11.7 Å². The minimum absolute atomic E-state index is 0.173. The fraction of sp³-hybridized carbons (Fsp3) is 0.238. The number of aromatic nitrogens is 3. The summed E-state index contributed by atoms with van der Waals surface area (Å²) < 4.78 is 15.5. The summed E-state index contributed by atoms with van der Waals surface area (Å²) in [6.45, 7) is 0.294. The lowest BCUT2D eigenvalue weighted by molar-refractivity contribution is 0.0942. The Hall–Kier alpha value is -3.55. The van der Waals surface area contributed by atoms with Crippen LogP contribution in [0.5, 0.6) is 0 Å². The maximum absolute atomic E-state index is 13.6. The van der Waals surface area contributed by atoms with E-state index in [9.17, 15) is 18.8 Å². The number of carbonyl (C=O) groups is 1. The average molecular weight is 394 g/mol. The summed E-state index contributed by atoms with van der Waals surface area (Å²) >= 11 is 0. The van der Waals surface area contributed by atoms with Crippen LogP contribution < -0.4 is 16.6 Å². The number of nitrogens with one attached hydrogen (secondary N) is 1. The van der Waals surface area contributed by atoms with Crippen molar-refractivity contribution in [3.63, 3.8) is 0 Å². The van der Waals surface area contributed by atoms with Crippen LogP contribution in [0.25, 0.3) is 5.69 Å². The highest BCUT2D eigenvalue weighted by atomic mass is 19.1. The van der Waals surface area contributed by atoms with Gasteiger partial charge in [-0.25, -0.2) is 9.18 Å². The van der Waals surface area contributed by atoms with Crippen LogP contribution in [-0.4, -0.2) is 26.8 Å². The van der Waals surface area contributed by atoms with Crippen LogP contribution in [0.2, 0.25) is 0 Å². The molecular formula is C21H19FN4O3. The van der Waals surface area contributed by atoms with Gasteiger partial charge in [-0.05, 0) is 48.6 Å². The molecule has 0 bridgehead atoms. The molecule has 0 aliphatic heterocycles. The van der Waals surface area contributed by atoms with E-state index in [0.717, 1.165) is 22.1 Å². The van der Waals surface area contributed by atoms with Gasteiger partial charge >= 0.3 is 5.69 Å².